The molecule has 222 valence electrons. The zero-order chi connectivity index (χ0) is 29.8. The molecule has 2 aromatic carbocycles. The fourth-order valence-electron chi connectivity index (χ4n) is 6.46. The highest BCUT2D eigenvalue weighted by atomic mass is 16.2. The van der Waals surface area contributed by atoms with Crippen molar-refractivity contribution >= 4 is 40.8 Å². The second-order valence-electron chi connectivity index (χ2n) is 14.5. The number of nitrogen functional groups attached to an aromatic ring is 1. The summed E-state index contributed by atoms with van der Waals surface area (Å²) >= 11 is 0. The van der Waals surface area contributed by atoms with E-state index >= 15 is 0 Å². The third-order valence-electron chi connectivity index (χ3n) is 9.47. The van der Waals surface area contributed by atoms with Gasteiger partial charge in [-0.3, -0.25) is 14.6 Å². The van der Waals surface area contributed by atoms with Crippen LogP contribution < -0.4 is 16.4 Å². The van der Waals surface area contributed by atoms with Crippen molar-refractivity contribution in [3.8, 4) is 0 Å². The Morgan fingerprint density at radius 2 is 1.15 bits per heavy atom. The van der Waals surface area contributed by atoms with Gasteiger partial charge in [-0.1, -0.05) is 53.7 Å². The van der Waals surface area contributed by atoms with Crippen molar-refractivity contribution in [1.82, 2.24) is 0 Å². The van der Waals surface area contributed by atoms with E-state index in [1.807, 2.05) is 36.4 Å². The SMILES string of the molecule is CC(C)(C)C1CCC(C(=O)Nc2ccc(C=Nc3cc(NC(=O)C4CCC(C(C)(C)C)CC4)ccc3N)cc2)CC1. The average molecular weight is 559 g/mol. The summed E-state index contributed by atoms with van der Waals surface area (Å²) in [6, 6.07) is 13.1. The summed E-state index contributed by atoms with van der Waals surface area (Å²) in [5.41, 5.74) is 10.4. The van der Waals surface area contributed by atoms with Gasteiger partial charge >= 0.3 is 0 Å². The number of amides is 2. The van der Waals surface area contributed by atoms with Gasteiger partial charge in [-0.15, -0.1) is 0 Å². The monoisotopic (exact) mass is 558 g/mol. The van der Waals surface area contributed by atoms with E-state index in [1.54, 1.807) is 12.3 Å². The third kappa shape index (κ3) is 8.43. The van der Waals surface area contributed by atoms with Crippen molar-refractivity contribution in [2.45, 2.75) is 92.9 Å². The summed E-state index contributed by atoms with van der Waals surface area (Å²) < 4.78 is 0. The summed E-state index contributed by atoms with van der Waals surface area (Å²) in [5, 5.41) is 6.18. The van der Waals surface area contributed by atoms with Crippen molar-refractivity contribution in [3.05, 3.63) is 48.0 Å². The van der Waals surface area contributed by atoms with E-state index in [9.17, 15) is 9.59 Å². The van der Waals surface area contributed by atoms with Crippen LogP contribution in [0.25, 0.3) is 0 Å². The number of benzene rings is 2. The Morgan fingerprint density at radius 1 is 0.707 bits per heavy atom. The Bertz CT molecular complexity index is 1220. The largest absolute Gasteiger partial charge is 0.397 e. The number of rotatable bonds is 6. The Labute approximate surface area is 247 Å². The standard InChI is InChI=1S/C35H50N4O2/c1-34(2,3)26-13-9-24(10-14-26)32(40)38-28-17-7-23(8-18-28)22-37-31-21-29(19-20-30(31)36)39-33(41)25-11-15-27(16-12-25)35(4,5)6/h7-8,17-22,24-27H,9-16,36H2,1-6H3,(H,38,40)(H,39,41). The van der Waals surface area contributed by atoms with Crippen LogP contribution in [0, 0.1) is 34.5 Å². The van der Waals surface area contributed by atoms with E-state index in [4.69, 9.17) is 5.73 Å². The van der Waals surface area contributed by atoms with Crippen molar-refractivity contribution < 1.29 is 9.59 Å². The van der Waals surface area contributed by atoms with Gasteiger partial charge in [0.05, 0.1) is 11.4 Å². The van der Waals surface area contributed by atoms with Crippen LogP contribution in [0.15, 0.2) is 47.5 Å². The molecule has 0 radical (unpaired) electrons. The third-order valence-corrected chi connectivity index (χ3v) is 9.47. The number of hydrogen-bond acceptors (Lipinski definition) is 4. The van der Waals surface area contributed by atoms with Gasteiger partial charge in [0.25, 0.3) is 0 Å². The van der Waals surface area contributed by atoms with Crippen LogP contribution in [0.2, 0.25) is 0 Å². The minimum atomic E-state index is 0.0515. The number of carbonyl (C=O) groups excluding carboxylic acids is 2. The van der Waals surface area contributed by atoms with Crippen LogP contribution in [-0.4, -0.2) is 18.0 Å². The molecule has 0 heterocycles. The van der Waals surface area contributed by atoms with Gasteiger partial charge in [0.2, 0.25) is 11.8 Å². The zero-order valence-corrected chi connectivity index (χ0v) is 25.9. The molecule has 2 aromatic rings. The molecule has 0 unspecified atom stereocenters. The molecule has 4 N–H and O–H groups in total. The van der Waals surface area contributed by atoms with Crippen LogP contribution >= 0.6 is 0 Å². The van der Waals surface area contributed by atoms with Gasteiger partial charge in [0, 0.05) is 29.4 Å². The average Bonchev–Trinajstić information content (AvgIpc) is 2.93. The summed E-state index contributed by atoms with van der Waals surface area (Å²) in [7, 11) is 0. The van der Waals surface area contributed by atoms with Gasteiger partial charge in [0.15, 0.2) is 0 Å². The predicted octanol–water partition coefficient (Wildman–Crippen LogP) is 8.60. The normalized spacial score (nSPS) is 23.8. The lowest BCUT2D eigenvalue weighted by Crippen LogP contribution is -2.31. The molecular weight excluding hydrogens is 508 g/mol. The van der Waals surface area contributed by atoms with E-state index in [-0.39, 0.29) is 23.7 Å². The summed E-state index contributed by atoms with van der Waals surface area (Å²) in [5.74, 6) is 1.70. The van der Waals surface area contributed by atoms with E-state index in [2.05, 4.69) is 57.2 Å². The van der Waals surface area contributed by atoms with Crippen LogP contribution in [0.5, 0.6) is 0 Å². The molecule has 41 heavy (non-hydrogen) atoms. The topological polar surface area (TPSA) is 96.6 Å². The number of nitrogens with two attached hydrogens (primary N) is 1. The first-order valence-electron chi connectivity index (χ1n) is 15.4. The van der Waals surface area contributed by atoms with E-state index in [0.717, 1.165) is 62.6 Å². The molecule has 2 amide bonds. The molecule has 2 fully saturated rings. The summed E-state index contributed by atoms with van der Waals surface area (Å²) in [4.78, 5) is 30.4. The predicted molar refractivity (Wildman–Crippen MR) is 172 cm³/mol. The van der Waals surface area contributed by atoms with E-state index in [0.29, 0.717) is 39.7 Å². The van der Waals surface area contributed by atoms with E-state index in [1.165, 1.54) is 0 Å². The molecule has 0 aromatic heterocycles. The molecule has 2 saturated carbocycles. The quantitative estimate of drug-likeness (QED) is 0.245. The Kier molecular flexibility index (Phi) is 9.61. The molecule has 4 rings (SSSR count). The van der Waals surface area contributed by atoms with E-state index < -0.39 is 0 Å². The van der Waals surface area contributed by atoms with Crippen molar-refractivity contribution in [2.24, 2.45) is 39.5 Å². The van der Waals surface area contributed by atoms with Crippen LogP contribution in [0.3, 0.4) is 0 Å². The summed E-state index contributed by atoms with van der Waals surface area (Å²) in [6.45, 7) is 13.8. The molecule has 6 heteroatoms. The Hall–Kier alpha value is -3.15. The molecule has 0 atom stereocenters. The molecule has 2 aliphatic rings. The highest BCUT2D eigenvalue weighted by molar-refractivity contribution is 5.95. The van der Waals surface area contributed by atoms with Crippen molar-refractivity contribution in [1.29, 1.82) is 0 Å². The molecule has 0 saturated heterocycles. The minimum Gasteiger partial charge on any atom is -0.397 e. The fraction of sp³-hybridized carbons (Fsp3) is 0.571. The molecular formula is C35H50N4O2. The number of hydrogen-bond donors (Lipinski definition) is 3. The highest BCUT2D eigenvalue weighted by Crippen LogP contribution is 2.41. The fourth-order valence-corrected chi connectivity index (χ4v) is 6.46. The molecule has 0 aliphatic heterocycles. The lowest BCUT2D eigenvalue weighted by atomic mass is 9.69. The minimum absolute atomic E-state index is 0.0515. The molecule has 2 aliphatic carbocycles. The Morgan fingerprint density at radius 3 is 1.61 bits per heavy atom. The number of nitrogens with zero attached hydrogens (tertiary/aromatic N) is 1. The second-order valence-corrected chi connectivity index (χ2v) is 14.5. The number of nitrogens with one attached hydrogen (secondary N) is 2. The summed E-state index contributed by atoms with van der Waals surface area (Å²) in [6.07, 6.45) is 9.96. The lowest BCUT2D eigenvalue weighted by Gasteiger charge is -2.36. The molecule has 6 nitrogen and oxygen atoms in total. The van der Waals surface area contributed by atoms with Crippen molar-refractivity contribution in [2.75, 3.05) is 16.4 Å². The maximum Gasteiger partial charge on any atom is 0.227 e. The first kappa shape index (κ1) is 30.8. The number of carbonyl (C=O) groups is 2. The van der Waals surface area contributed by atoms with Gasteiger partial charge < -0.3 is 16.4 Å². The molecule has 0 bridgehead atoms. The maximum atomic E-state index is 13.0. The van der Waals surface area contributed by atoms with Crippen molar-refractivity contribution in [3.63, 3.8) is 0 Å². The van der Waals surface area contributed by atoms with Gasteiger partial charge in [0.1, 0.15) is 0 Å². The van der Waals surface area contributed by atoms with Gasteiger partial charge in [-0.05, 0) is 110 Å². The first-order valence-corrected chi connectivity index (χ1v) is 15.4. The Balaban J connectivity index is 1.30. The first-order chi connectivity index (χ1) is 19.3. The van der Waals surface area contributed by atoms with Crippen LogP contribution in [-0.2, 0) is 9.59 Å². The zero-order valence-electron chi connectivity index (χ0n) is 25.9. The van der Waals surface area contributed by atoms with Crippen LogP contribution in [0.1, 0.15) is 98.5 Å². The van der Waals surface area contributed by atoms with Gasteiger partial charge in [-0.2, -0.15) is 0 Å². The second kappa shape index (κ2) is 12.8. The maximum absolute atomic E-state index is 13.0. The van der Waals surface area contributed by atoms with Gasteiger partial charge in [-0.25, -0.2) is 0 Å². The number of anilines is 3. The number of aliphatic imine (C=N–C) groups is 1. The highest BCUT2D eigenvalue weighted by Gasteiger charge is 2.33. The van der Waals surface area contributed by atoms with Crippen LogP contribution in [0.4, 0.5) is 22.7 Å². The molecule has 0 spiro atoms. The lowest BCUT2D eigenvalue weighted by molar-refractivity contribution is -0.122. The smallest absolute Gasteiger partial charge is 0.227 e.